The highest BCUT2D eigenvalue weighted by Gasteiger charge is 2.28. The summed E-state index contributed by atoms with van der Waals surface area (Å²) in [6.07, 6.45) is 8.57. The first-order valence-electron chi connectivity index (χ1n) is 9.84. The number of hydrogen-bond donors (Lipinski definition) is 4. The Morgan fingerprint density at radius 3 is 2.55 bits per heavy atom. The molecule has 0 atom stereocenters. The van der Waals surface area contributed by atoms with Crippen molar-refractivity contribution in [1.82, 2.24) is 9.97 Å². The van der Waals surface area contributed by atoms with Crippen LogP contribution in [0.1, 0.15) is 73.0 Å². The maximum Gasteiger partial charge on any atom is 0.316 e. The van der Waals surface area contributed by atoms with Crippen LogP contribution in [-0.2, 0) is 18.4 Å². The van der Waals surface area contributed by atoms with Crippen LogP contribution in [0.3, 0.4) is 0 Å². The van der Waals surface area contributed by atoms with Crippen molar-refractivity contribution in [3.8, 4) is 0 Å². The molecule has 2 aliphatic carbocycles. The van der Waals surface area contributed by atoms with Crippen LogP contribution in [0.5, 0.6) is 0 Å². The number of aromatic nitrogens is 2. The topological polar surface area (TPSA) is 127 Å². The molecule has 0 saturated heterocycles. The maximum atomic E-state index is 11.2. The van der Waals surface area contributed by atoms with Gasteiger partial charge in [-0.3, -0.25) is 10.1 Å². The van der Waals surface area contributed by atoms with Crippen molar-refractivity contribution in [3.05, 3.63) is 33.7 Å². The lowest BCUT2D eigenvalue weighted by molar-refractivity contribution is 0.0783. The number of urea groups is 1. The Kier molecular flexibility index (Phi) is 6.83. The molecule has 0 bridgehead atoms. The van der Waals surface area contributed by atoms with E-state index in [0.717, 1.165) is 46.7 Å². The van der Waals surface area contributed by atoms with Crippen molar-refractivity contribution in [1.29, 1.82) is 0 Å². The van der Waals surface area contributed by atoms with E-state index in [-0.39, 0.29) is 0 Å². The van der Waals surface area contributed by atoms with Crippen LogP contribution in [-0.4, -0.2) is 21.1 Å². The van der Waals surface area contributed by atoms with Gasteiger partial charge in [0.15, 0.2) is 0 Å². The molecule has 0 spiro atoms. The number of carbonyl (C=O) groups excluding carboxylic acids is 1. The lowest BCUT2D eigenvalue weighted by Gasteiger charge is -2.28. The Labute approximate surface area is 179 Å². The molecule has 29 heavy (non-hydrogen) atoms. The largest absolute Gasteiger partial charge is 0.383 e. The third kappa shape index (κ3) is 5.09. The molecule has 2 amide bonds. The van der Waals surface area contributed by atoms with Crippen molar-refractivity contribution in [3.63, 3.8) is 0 Å². The van der Waals surface area contributed by atoms with Gasteiger partial charge in [-0.1, -0.05) is 6.42 Å². The standard InChI is InChI=1S/C14H19N3O.C6H10N2OS2/c1-8-12(9-4-2-5-9)16-11-7-3-6-10(11)13(8)17-14(15)18;1-6(2,9)5-8-3-4(10-5)11-7/h9H,2-7H2,1H3,(H3,15,16,17,18);3,9H,7H2,1-2H3. The second-order valence-corrected chi connectivity index (χ2v) is 10.0. The van der Waals surface area contributed by atoms with Crippen LogP contribution in [0.4, 0.5) is 10.5 Å². The number of nitrogens with zero attached hydrogens (tertiary/aromatic N) is 2. The van der Waals surface area contributed by atoms with Gasteiger partial charge in [-0.2, -0.15) is 0 Å². The summed E-state index contributed by atoms with van der Waals surface area (Å²) in [6, 6.07) is -0.474. The molecule has 158 valence electrons. The highest BCUT2D eigenvalue weighted by molar-refractivity contribution is 7.99. The summed E-state index contributed by atoms with van der Waals surface area (Å²) >= 11 is 2.57. The number of carbonyl (C=O) groups is 1. The predicted molar refractivity (Wildman–Crippen MR) is 118 cm³/mol. The van der Waals surface area contributed by atoms with Crippen molar-refractivity contribution >= 4 is 35.0 Å². The molecule has 4 rings (SSSR count). The van der Waals surface area contributed by atoms with Gasteiger partial charge in [-0.25, -0.2) is 9.78 Å². The molecule has 6 N–H and O–H groups in total. The van der Waals surface area contributed by atoms with E-state index in [9.17, 15) is 9.90 Å². The molecule has 2 heterocycles. The van der Waals surface area contributed by atoms with E-state index < -0.39 is 11.6 Å². The number of thiazole rings is 1. The quantitative estimate of drug-likeness (QED) is 0.538. The van der Waals surface area contributed by atoms with Gasteiger partial charge in [-0.05, 0) is 76.0 Å². The number of aryl methyl sites for hydroxylation is 1. The van der Waals surface area contributed by atoms with Gasteiger partial charge in [0, 0.05) is 17.3 Å². The molecule has 0 aliphatic heterocycles. The van der Waals surface area contributed by atoms with Crippen molar-refractivity contribution in [2.75, 3.05) is 5.32 Å². The van der Waals surface area contributed by atoms with Crippen molar-refractivity contribution < 1.29 is 9.90 Å². The first kappa shape index (κ1) is 22.0. The molecule has 2 aliphatic rings. The number of pyridine rings is 1. The fraction of sp³-hybridized carbons (Fsp3) is 0.550. The minimum Gasteiger partial charge on any atom is -0.383 e. The minimum absolute atomic E-state index is 0.474. The molecular weight excluding hydrogens is 406 g/mol. The van der Waals surface area contributed by atoms with Gasteiger partial charge in [0.25, 0.3) is 0 Å². The third-order valence-electron chi connectivity index (χ3n) is 5.37. The monoisotopic (exact) mass is 435 g/mol. The zero-order valence-electron chi connectivity index (χ0n) is 17.1. The van der Waals surface area contributed by atoms with Crippen LogP contribution < -0.4 is 16.2 Å². The van der Waals surface area contributed by atoms with Gasteiger partial charge in [-0.15, -0.1) is 11.3 Å². The summed E-state index contributed by atoms with van der Waals surface area (Å²) in [7, 11) is 0. The van der Waals surface area contributed by atoms with Crippen LogP contribution in [0.25, 0.3) is 0 Å². The number of aliphatic hydroxyl groups is 1. The summed E-state index contributed by atoms with van der Waals surface area (Å²) in [6.45, 7) is 5.47. The van der Waals surface area contributed by atoms with E-state index >= 15 is 0 Å². The Bertz CT molecular complexity index is 888. The van der Waals surface area contributed by atoms with E-state index in [4.69, 9.17) is 15.9 Å². The summed E-state index contributed by atoms with van der Waals surface area (Å²) in [5.74, 6) is 0.587. The van der Waals surface area contributed by atoms with E-state index in [1.807, 2.05) is 0 Å². The molecule has 0 radical (unpaired) electrons. The Hall–Kier alpha value is -1.68. The van der Waals surface area contributed by atoms with Gasteiger partial charge in [0.2, 0.25) is 0 Å². The number of primary amides is 1. The molecule has 1 fully saturated rings. The van der Waals surface area contributed by atoms with E-state index in [1.165, 1.54) is 47.6 Å². The Balaban J connectivity index is 0.000000188. The molecule has 2 aromatic heterocycles. The van der Waals surface area contributed by atoms with E-state index in [1.54, 1.807) is 20.0 Å². The number of amides is 2. The molecule has 9 heteroatoms. The zero-order valence-corrected chi connectivity index (χ0v) is 18.8. The highest BCUT2D eigenvalue weighted by Crippen LogP contribution is 2.41. The lowest BCUT2D eigenvalue weighted by atomic mass is 9.80. The van der Waals surface area contributed by atoms with Gasteiger partial charge in [0.05, 0.1) is 16.1 Å². The van der Waals surface area contributed by atoms with Gasteiger partial charge >= 0.3 is 6.03 Å². The van der Waals surface area contributed by atoms with Crippen LogP contribution >= 0.6 is 23.3 Å². The number of fused-ring (bicyclic) bond motifs is 1. The maximum absolute atomic E-state index is 11.2. The van der Waals surface area contributed by atoms with Gasteiger partial charge in [0.1, 0.15) is 10.6 Å². The molecular formula is C20H29N5O2S2. The Morgan fingerprint density at radius 2 is 2.07 bits per heavy atom. The second kappa shape index (κ2) is 8.99. The van der Waals surface area contributed by atoms with Crippen molar-refractivity contribution in [2.24, 2.45) is 10.9 Å². The first-order chi connectivity index (χ1) is 13.7. The number of nitrogens with two attached hydrogens (primary N) is 2. The second-order valence-electron chi connectivity index (χ2n) is 8.05. The molecule has 1 saturated carbocycles. The first-order valence-corrected chi connectivity index (χ1v) is 11.5. The van der Waals surface area contributed by atoms with E-state index in [2.05, 4.69) is 17.2 Å². The summed E-state index contributed by atoms with van der Waals surface area (Å²) in [5.41, 5.74) is 10.1. The minimum atomic E-state index is -0.849. The SMILES string of the molecule is CC(C)(O)c1ncc(SN)s1.Cc1c(C2CCC2)nc2c(c1NC(N)=O)CCC2. The number of rotatable bonds is 4. The fourth-order valence-corrected chi connectivity index (χ4v) is 4.87. The normalized spacial score (nSPS) is 15.9. The molecule has 0 unspecified atom stereocenters. The smallest absolute Gasteiger partial charge is 0.316 e. The van der Waals surface area contributed by atoms with Crippen LogP contribution in [0.15, 0.2) is 10.4 Å². The lowest BCUT2D eigenvalue weighted by Crippen LogP contribution is -2.23. The summed E-state index contributed by atoms with van der Waals surface area (Å²) in [5, 5.41) is 18.3. The Morgan fingerprint density at radius 1 is 1.34 bits per heavy atom. The number of anilines is 1. The molecule has 7 nitrogen and oxygen atoms in total. The number of hydrogen-bond acceptors (Lipinski definition) is 7. The van der Waals surface area contributed by atoms with Crippen LogP contribution in [0.2, 0.25) is 0 Å². The van der Waals surface area contributed by atoms with E-state index in [0.29, 0.717) is 10.9 Å². The molecule has 2 aromatic rings. The average Bonchev–Trinajstić information content (AvgIpc) is 3.25. The highest BCUT2D eigenvalue weighted by atomic mass is 32.2. The number of nitrogens with one attached hydrogen (secondary N) is 1. The third-order valence-corrected chi connectivity index (χ3v) is 7.35. The predicted octanol–water partition coefficient (Wildman–Crippen LogP) is 3.97. The molecule has 0 aromatic carbocycles. The van der Waals surface area contributed by atoms with Gasteiger partial charge < -0.3 is 16.2 Å². The summed E-state index contributed by atoms with van der Waals surface area (Å²) < 4.78 is 0.919. The van der Waals surface area contributed by atoms with Crippen LogP contribution in [0, 0.1) is 6.92 Å². The fourth-order valence-electron chi connectivity index (χ4n) is 3.67. The average molecular weight is 436 g/mol. The summed E-state index contributed by atoms with van der Waals surface area (Å²) in [4.78, 5) is 20.1. The van der Waals surface area contributed by atoms with Crippen molar-refractivity contribution in [2.45, 2.75) is 75.0 Å². The zero-order chi connectivity index (χ0) is 21.2.